The highest BCUT2D eigenvalue weighted by Crippen LogP contribution is 2.21. The molecule has 2 aromatic carbocycles. The molecule has 11 heteroatoms. The molecular weight excluding hydrogens is 537 g/mol. The first kappa shape index (κ1) is 31.0. The normalized spacial score (nSPS) is 19.4. The third-order valence-electron chi connectivity index (χ3n) is 7.71. The van der Waals surface area contributed by atoms with E-state index >= 15 is 0 Å². The zero-order valence-corrected chi connectivity index (χ0v) is 25.3. The van der Waals surface area contributed by atoms with Crippen LogP contribution in [0.15, 0.2) is 47.6 Å². The fourth-order valence-corrected chi connectivity index (χ4v) is 5.23. The molecule has 42 heavy (non-hydrogen) atoms. The van der Waals surface area contributed by atoms with E-state index < -0.39 is 11.8 Å². The summed E-state index contributed by atoms with van der Waals surface area (Å²) in [7, 11) is 1.89. The summed E-state index contributed by atoms with van der Waals surface area (Å²) in [5, 5.41) is 14.6. The molecule has 1 fully saturated rings. The molecule has 4 rings (SSSR count). The molecular formula is C31H42FN7O3. The molecule has 2 aliphatic heterocycles. The average molecular weight is 580 g/mol. The molecule has 2 aliphatic rings. The fraction of sp³-hybridized carbons (Fsp3) is 0.484. The SMILES string of the molecule is CC1=NN(C)C(C)C1CNC(=O)Nc1ccc(C(=O)N2CCN(Cc3cccc(C(=O)NC(C)(C)C)c3)CC2)cc1F. The summed E-state index contributed by atoms with van der Waals surface area (Å²) in [6.45, 7) is 13.2. The minimum atomic E-state index is -0.670. The number of anilines is 1. The predicted octanol–water partition coefficient (Wildman–Crippen LogP) is 3.76. The molecule has 10 nitrogen and oxygen atoms in total. The Balaban J connectivity index is 1.26. The van der Waals surface area contributed by atoms with Crippen molar-refractivity contribution >= 4 is 29.2 Å². The molecule has 1 saturated heterocycles. The van der Waals surface area contributed by atoms with Gasteiger partial charge >= 0.3 is 6.03 Å². The molecule has 2 aromatic rings. The maximum absolute atomic E-state index is 14.9. The number of piperazine rings is 1. The Morgan fingerprint density at radius 3 is 2.36 bits per heavy atom. The van der Waals surface area contributed by atoms with E-state index in [1.54, 1.807) is 11.0 Å². The molecule has 0 spiro atoms. The minimum absolute atomic E-state index is 0.00857. The zero-order valence-electron chi connectivity index (χ0n) is 25.3. The van der Waals surface area contributed by atoms with Crippen LogP contribution in [0.3, 0.4) is 0 Å². The largest absolute Gasteiger partial charge is 0.347 e. The average Bonchev–Trinajstić information content (AvgIpc) is 3.17. The number of carbonyl (C=O) groups is 3. The van der Waals surface area contributed by atoms with Gasteiger partial charge in [0.15, 0.2) is 0 Å². The van der Waals surface area contributed by atoms with Crippen LogP contribution in [-0.2, 0) is 6.54 Å². The molecule has 226 valence electrons. The van der Waals surface area contributed by atoms with Crippen molar-refractivity contribution in [3.63, 3.8) is 0 Å². The highest BCUT2D eigenvalue weighted by Gasteiger charge is 2.30. The van der Waals surface area contributed by atoms with Gasteiger partial charge in [0.05, 0.1) is 11.7 Å². The van der Waals surface area contributed by atoms with Crippen molar-refractivity contribution in [1.29, 1.82) is 0 Å². The Bertz CT molecular complexity index is 1350. The molecule has 2 heterocycles. The highest BCUT2D eigenvalue weighted by atomic mass is 19.1. The molecule has 0 aliphatic carbocycles. The van der Waals surface area contributed by atoms with Gasteiger partial charge in [-0.1, -0.05) is 12.1 Å². The van der Waals surface area contributed by atoms with Crippen LogP contribution in [0.5, 0.6) is 0 Å². The summed E-state index contributed by atoms with van der Waals surface area (Å²) < 4.78 is 14.9. The third-order valence-corrected chi connectivity index (χ3v) is 7.71. The van der Waals surface area contributed by atoms with Gasteiger partial charge in [0.2, 0.25) is 0 Å². The molecule has 0 radical (unpaired) electrons. The number of halogens is 1. The predicted molar refractivity (Wildman–Crippen MR) is 162 cm³/mol. The Labute approximate surface area is 247 Å². The van der Waals surface area contributed by atoms with Crippen LogP contribution in [0.2, 0.25) is 0 Å². The van der Waals surface area contributed by atoms with Crippen molar-refractivity contribution in [2.75, 3.05) is 45.1 Å². The molecule has 3 N–H and O–H groups in total. The standard InChI is InChI=1S/C31H42FN7O3/c1-20-25(21(2)37(6)36-20)18-33-30(42)34-27-11-10-24(17-26(27)32)29(41)39-14-12-38(13-15-39)19-22-8-7-9-23(16-22)28(40)35-31(3,4)5/h7-11,16-17,21,25H,12-15,18-19H2,1-6H3,(H,35,40)(H2,33,34,42). The lowest BCUT2D eigenvalue weighted by Gasteiger charge is -2.35. The van der Waals surface area contributed by atoms with Gasteiger partial charge in [-0.2, -0.15) is 5.10 Å². The van der Waals surface area contributed by atoms with Gasteiger partial charge in [-0.15, -0.1) is 0 Å². The van der Waals surface area contributed by atoms with Crippen LogP contribution in [0.1, 0.15) is 60.9 Å². The van der Waals surface area contributed by atoms with Crippen molar-refractivity contribution in [2.24, 2.45) is 11.0 Å². The van der Waals surface area contributed by atoms with Crippen LogP contribution in [0.25, 0.3) is 0 Å². The monoisotopic (exact) mass is 579 g/mol. The lowest BCUT2D eigenvalue weighted by molar-refractivity contribution is 0.0627. The van der Waals surface area contributed by atoms with Crippen molar-refractivity contribution in [1.82, 2.24) is 25.4 Å². The van der Waals surface area contributed by atoms with Gasteiger partial charge in [-0.05, 0) is 70.5 Å². The van der Waals surface area contributed by atoms with E-state index in [0.717, 1.165) is 11.3 Å². The molecule has 0 bridgehead atoms. The van der Waals surface area contributed by atoms with E-state index in [0.29, 0.717) is 44.8 Å². The molecule has 2 atom stereocenters. The number of nitrogens with zero attached hydrogens (tertiary/aromatic N) is 4. The number of urea groups is 1. The number of carbonyl (C=O) groups excluding carboxylic acids is 3. The van der Waals surface area contributed by atoms with Crippen molar-refractivity contribution < 1.29 is 18.8 Å². The second kappa shape index (κ2) is 12.9. The zero-order chi connectivity index (χ0) is 30.6. The molecule has 0 saturated carbocycles. The third kappa shape index (κ3) is 7.84. The Morgan fingerprint density at radius 2 is 1.74 bits per heavy atom. The topological polar surface area (TPSA) is 109 Å². The maximum Gasteiger partial charge on any atom is 0.319 e. The highest BCUT2D eigenvalue weighted by molar-refractivity contribution is 5.96. The number of rotatable bonds is 7. The van der Waals surface area contributed by atoms with Crippen LogP contribution in [0.4, 0.5) is 14.9 Å². The second-order valence-electron chi connectivity index (χ2n) is 12.2. The van der Waals surface area contributed by atoms with E-state index in [4.69, 9.17) is 0 Å². The maximum atomic E-state index is 14.9. The van der Waals surface area contributed by atoms with Gasteiger partial charge in [-0.25, -0.2) is 9.18 Å². The van der Waals surface area contributed by atoms with Crippen molar-refractivity contribution in [2.45, 2.75) is 52.7 Å². The number of benzene rings is 2. The molecule has 4 amide bonds. The number of hydrazone groups is 1. The van der Waals surface area contributed by atoms with Crippen LogP contribution >= 0.6 is 0 Å². The van der Waals surface area contributed by atoms with Gasteiger partial charge < -0.3 is 20.9 Å². The Hall–Kier alpha value is -3.99. The number of hydrogen-bond donors (Lipinski definition) is 3. The van der Waals surface area contributed by atoms with Gasteiger partial charge in [-0.3, -0.25) is 19.5 Å². The van der Waals surface area contributed by atoms with E-state index in [1.807, 2.05) is 64.9 Å². The summed E-state index contributed by atoms with van der Waals surface area (Å²) in [5.41, 5.74) is 2.52. The summed E-state index contributed by atoms with van der Waals surface area (Å²) >= 11 is 0. The van der Waals surface area contributed by atoms with Crippen molar-refractivity contribution in [3.05, 3.63) is 65.0 Å². The van der Waals surface area contributed by atoms with E-state index in [-0.39, 0.29) is 40.6 Å². The molecule has 0 aromatic heterocycles. The first-order chi connectivity index (χ1) is 19.8. The van der Waals surface area contributed by atoms with E-state index in [9.17, 15) is 18.8 Å². The van der Waals surface area contributed by atoms with Gasteiger partial charge in [0.1, 0.15) is 5.82 Å². The smallest absolute Gasteiger partial charge is 0.319 e. The van der Waals surface area contributed by atoms with E-state index in [2.05, 4.69) is 26.0 Å². The summed E-state index contributed by atoms with van der Waals surface area (Å²) in [5.74, 6) is -0.946. The Kier molecular flexibility index (Phi) is 9.50. The summed E-state index contributed by atoms with van der Waals surface area (Å²) in [6, 6.07) is 11.3. The number of hydrogen-bond acceptors (Lipinski definition) is 6. The summed E-state index contributed by atoms with van der Waals surface area (Å²) in [6.07, 6.45) is 0. The first-order valence-corrected chi connectivity index (χ1v) is 14.4. The van der Waals surface area contributed by atoms with E-state index in [1.165, 1.54) is 18.2 Å². The Morgan fingerprint density at radius 1 is 1.02 bits per heavy atom. The van der Waals surface area contributed by atoms with Gasteiger partial charge in [0, 0.05) is 74.6 Å². The summed E-state index contributed by atoms with van der Waals surface area (Å²) in [4.78, 5) is 42.0. The van der Waals surface area contributed by atoms with Crippen molar-refractivity contribution in [3.8, 4) is 0 Å². The first-order valence-electron chi connectivity index (χ1n) is 14.4. The van der Waals surface area contributed by atoms with Gasteiger partial charge in [0.25, 0.3) is 11.8 Å². The molecule has 2 unspecified atom stereocenters. The van der Waals surface area contributed by atoms with Crippen LogP contribution in [-0.4, -0.2) is 89.7 Å². The minimum Gasteiger partial charge on any atom is -0.347 e. The van der Waals surface area contributed by atoms with Crippen LogP contribution in [0, 0.1) is 11.7 Å². The number of amides is 4. The number of nitrogens with one attached hydrogen (secondary N) is 3. The fourth-order valence-electron chi connectivity index (χ4n) is 5.23. The lowest BCUT2D eigenvalue weighted by Crippen LogP contribution is -2.48. The van der Waals surface area contributed by atoms with Crippen LogP contribution < -0.4 is 16.0 Å². The second-order valence-corrected chi connectivity index (χ2v) is 12.2. The lowest BCUT2D eigenvalue weighted by atomic mass is 9.98. The quantitative estimate of drug-likeness (QED) is 0.463.